The monoisotopic (exact) mass is 394 g/mol. The fraction of sp³-hybridized carbons (Fsp3) is 0.0909. The summed E-state index contributed by atoms with van der Waals surface area (Å²) in [7, 11) is 3.37. The van der Waals surface area contributed by atoms with Gasteiger partial charge in [-0.2, -0.15) is 0 Å². The van der Waals surface area contributed by atoms with Crippen molar-refractivity contribution in [3.8, 4) is 11.5 Å². The summed E-state index contributed by atoms with van der Waals surface area (Å²) in [6.07, 6.45) is 0. The number of methoxy groups -OCH3 is 2. The van der Waals surface area contributed by atoms with E-state index in [9.17, 15) is 0 Å². The van der Waals surface area contributed by atoms with Crippen LogP contribution < -0.4 is 9.47 Å². The number of hydrogen-bond donors (Lipinski definition) is 0. The number of hydrogen-bond acceptors (Lipinski definition) is 2. The third-order valence-corrected chi connectivity index (χ3v) is 4.86. The first kappa shape index (κ1) is 17.3. The van der Waals surface area contributed by atoms with Crippen LogP contribution in [0.5, 0.6) is 11.5 Å². The van der Waals surface area contributed by atoms with Crippen molar-refractivity contribution in [2.24, 2.45) is 0 Å². The molecule has 25 heavy (non-hydrogen) atoms. The molecule has 3 rings (SSSR count). The zero-order chi connectivity index (χ0) is 17.6. The Kier molecular flexibility index (Phi) is 5.56. The lowest BCUT2D eigenvalue weighted by Crippen LogP contribution is -1.96. The maximum absolute atomic E-state index is 5.60. The number of halogens is 1. The van der Waals surface area contributed by atoms with Gasteiger partial charge in [0.05, 0.1) is 14.2 Å². The van der Waals surface area contributed by atoms with Gasteiger partial charge in [0.15, 0.2) is 0 Å². The molecule has 0 spiro atoms. The topological polar surface area (TPSA) is 18.5 Å². The van der Waals surface area contributed by atoms with E-state index in [4.69, 9.17) is 9.47 Å². The van der Waals surface area contributed by atoms with Crippen molar-refractivity contribution >= 4 is 26.0 Å². The lowest BCUT2D eigenvalue weighted by molar-refractivity contribution is 0.413. The molecule has 0 atom stereocenters. The van der Waals surface area contributed by atoms with Crippen LogP contribution in [0.25, 0.3) is 10.1 Å². The molecule has 0 unspecified atom stereocenters. The normalized spacial score (nSPS) is 11.6. The Labute approximate surface area is 156 Å². The Morgan fingerprint density at radius 3 is 1.96 bits per heavy atom. The van der Waals surface area contributed by atoms with Crippen LogP contribution in [0, 0.1) is 0 Å². The predicted octanol–water partition coefficient (Wildman–Crippen LogP) is 6.02. The third kappa shape index (κ3) is 3.77. The van der Waals surface area contributed by atoms with Gasteiger partial charge in [0.2, 0.25) is 0 Å². The third-order valence-electron chi connectivity index (χ3n) is 4.00. The molecule has 0 aliphatic rings. The van der Waals surface area contributed by atoms with Crippen LogP contribution in [-0.4, -0.2) is 14.2 Å². The highest BCUT2D eigenvalue weighted by Gasteiger charge is 2.15. The molecule has 3 heteroatoms. The minimum absolute atomic E-state index is 0.832. The summed E-state index contributed by atoms with van der Waals surface area (Å²) in [5.41, 5.74) is 4.30. The average Bonchev–Trinajstić information content (AvgIpc) is 2.69. The second-order valence-electron chi connectivity index (χ2n) is 5.48. The molecule has 0 heterocycles. The van der Waals surface area contributed by atoms with Gasteiger partial charge in [-0.25, -0.2) is 0 Å². The minimum atomic E-state index is 0.832. The van der Waals surface area contributed by atoms with Gasteiger partial charge < -0.3 is 9.47 Å². The lowest BCUT2D eigenvalue weighted by atomic mass is 9.94. The molecular weight excluding hydrogens is 376 g/mol. The van der Waals surface area contributed by atoms with Crippen LogP contribution in [0.15, 0.2) is 78.9 Å². The highest BCUT2D eigenvalue weighted by atomic mass is 79.9. The summed E-state index contributed by atoms with van der Waals surface area (Å²) in [6, 6.07) is 26.4. The molecule has 2 nitrogen and oxygen atoms in total. The fourth-order valence-electron chi connectivity index (χ4n) is 2.74. The SMILES string of the molecule is COc1ccc(/C(=C(\Br)c2ccccc2)c2ccccc2OC)cc1. The molecule has 126 valence electrons. The largest absolute Gasteiger partial charge is 0.497 e. The van der Waals surface area contributed by atoms with Crippen LogP contribution in [0.2, 0.25) is 0 Å². The zero-order valence-corrected chi connectivity index (χ0v) is 15.8. The van der Waals surface area contributed by atoms with Crippen LogP contribution in [0.3, 0.4) is 0 Å². The Balaban J connectivity index is 2.24. The molecule has 0 fully saturated rings. The highest BCUT2D eigenvalue weighted by molar-refractivity contribution is 9.15. The average molecular weight is 395 g/mol. The second-order valence-corrected chi connectivity index (χ2v) is 6.28. The van der Waals surface area contributed by atoms with Crippen molar-refractivity contribution in [3.63, 3.8) is 0 Å². The van der Waals surface area contributed by atoms with Crippen molar-refractivity contribution in [2.45, 2.75) is 0 Å². The molecule has 0 aliphatic carbocycles. The Bertz CT molecular complexity index is 868. The lowest BCUT2D eigenvalue weighted by Gasteiger charge is -2.16. The van der Waals surface area contributed by atoms with E-state index in [-0.39, 0.29) is 0 Å². The van der Waals surface area contributed by atoms with Crippen molar-refractivity contribution in [1.29, 1.82) is 0 Å². The molecule has 0 N–H and O–H groups in total. The molecular formula is C22H19BrO2. The van der Waals surface area contributed by atoms with E-state index in [1.165, 1.54) is 0 Å². The summed E-state index contributed by atoms with van der Waals surface area (Å²) in [4.78, 5) is 0. The minimum Gasteiger partial charge on any atom is -0.497 e. The van der Waals surface area contributed by atoms with Crippen molar-refractivity contribution in [2.75, 3.05) is 14.2 Å². The van der Waals surface area contributed by atoms with Crippen molar-refractivity contribution in [1.82, 2.24) is 0 Å². The first-order valence-corrected chi connectivity index (χ1v) is 8.77. The van der Waals surface area contributed by atoms with Gasteiger partial charge in [-0.15, -0.1) is 0 Å². The molecule has 3 aromatic rings. The van der Waals surface area contributed by atoms with E-state index >= 15 is 0 Å². The van der Waals surface area contributed by atoms with Crippen LogP contribution >= 0.6 is 15.9 Å². The van der Waals surface area contributed by atoms with E-state index < -0.39 is 0 Å². The maximum atomic E-state index is 5.60. The standard InChI is InChI=1S/C22H19BrO2/c1-24-18-14-12-16(13-15-18)21(19-10-6-7-11-20(19)25-2)22(23)17-8-4-3-5-9-17/h3-15H,1-2H3/b22-21+. The Morgan fingerprint density at radius 2 is 1.32 bits per heavy atom. The zero-order valence-electron chi connectivity index (χ0n) is 14.2. The molecule has 0 bridgehead atoms. The van der Waals surface area contributed by atoms with E-state index in [0.717, 1.165) is 38.2 Å². The number of rotatable bonds is 5. The molecule has 3 aromatic carbocycles. The molecule has 0 aliphatic heterocycles. The first-order valence-electron chi connectivity index (χ1n) is 7.97. The number of para-hydroxylation sites is 1. The quantitative estimate of drug-likeness (QED) is 0.492. The number of benzene rings is 3. The fourth-order valence-corrected chi connectivity index (χ4v) is 3.44. The van der Waals surface area contributed by atoms with E-state index in [1.807, 2.05) is 48.5 Å². The van der Waals surface area contributed by atoms with Gasteiger partial charge >= 0.3 is 0 Å². The number of ether oxygens (including phenoxy) is 2. The van der Waals surface area contributed by atoms with Crippen LogP contribution in [-0.2, 0) is 0 Å². The highest BCUT2D eigenvalue weighted by Crippen LogP contribution is 2.40. The van der Waals surface area contributed by atoms with Gasteiger partial charge in [0.1, 0.15) is 11.5 Å². The molecule has 0 saturated carbocycles. The molecule has 0 radical (unpaired) electrons. The first-order chi connectivity index (χ1) is 12.2. The van der Waals surface area contributed by atoms with E-state index in [1.54, 1.807) is 14.2 Å². The van der Waals surface area contributed by atoms with Gasteiger partial charge in [-0.3, -0.25) is 0 Å². The summed E-state index contributed by atoms with van der Waals surface area (Å²) in [5.74, 6) is 1.67. The van der Waals surface area contributed by atoms with Crippen LogP contribution in [0.1, 0.15) is 16.7 Å². The van der Waals surface area contributed by atoms with Gasteiger partial charge in [-0.1, -0.05) is 60.7 Å². The Hall–Kier alpha value is -2.52. The Morgan fingerprint density at radius 1 is 0.680 bits per heavy atom. The molecule has 0 saturated heterocycles. The summed E-state index contributed by atoms with van der Waals surface area (Å²) in [6.45, 7) is 0. The summed E-state index contributed by atoms with van der Waals surface area (Å²) < 4.78 is 11.9. The predicted molar refractivity (Wildman–Crippen MR) is 107 cm³/mol. The second kappa shape index (κ2) is 8.04. The van der Waals surface area contributed by atoms with E-state index in [2.05, 4.69) is 46.3 Å². The van der Waals surface area contributed by atoms with Gasteiger partial charge in [-0.05, 0) is 45.3 Å². The van der Waals surface area contributed by atoms with Crippen LogP contribution in [0.4, 0.5) is 0 Å². The maximum Gasteiger partial charge on any atom is 0.126 e. The molecule has 0 aromatic heterocycles. The summed E-state index contributed by atoms with van der Waals surface area (Å²) >= 11 is 3.82. The smallest absolute Gasteiger partial charge is 0.126 e. The van der Waals surface area contributed by atoms with Gasteiger partial charge in [0, 0.05) is 15.6 Å². The summed E-state index contributed by atoms with van der Waals surface area (Å²) in [5, 5.41) is 0. The molecule has 0 amide bonds. The van der Waals surface area contributed by atoms with Crippen molar-refractivity contribution < 1.29 is 9.47 Å². The van der Waals surface area contributed by atoms with E-state index in [0.29, 0.717) is 0 Å². The van der Waals surface area contributed by atoms with Crippen molar-refractivity contribution in [3.05, 3.63) is 95.6 Å². The van der Waals surface area contributed by atoms with Gasteiger partial charge in [0.25, 0.3) is 0 Å².